The van der Waals surface area contributed by atoms with E-state index in [1.165, 1.54) is 48.8 Å². The van der Waals surface area contributed by atoms with Crippen LogP contribution in [0.3, 0.4) is 0 Å². The van der Waals surface area contributed by atoms with Crippen molar-refractivity contribution in [3.05, 3.63) is 46.7 Å². The second-order valence-electron chi connectivity index (χ2n) is 5.28. The van der Waals surface area contributed by atoms with Crippen molar-refractivity contribution in [3.63, 3.8) is 0 Å². The Hall–Kier alpha value is -1.46. The Morgan fingerprint density at radius 2 is 1.80 bits per heavy atom. The largest absolute Gasteiger partial charge is 0.381 e. The van der Waals surface area contributed by atoms with Crippen LogP contribution in [0.4, 0.5) is 0 Å². The molecule has 0 spiro atoms. The number of hydrogen-bond donors (Lipinski definition) is 1. The summed E-state index contributed by atoms with van der Waals surface area (Å²) in [5.41, 5.74) is 9.82. The first-order valence-corrected chi connectivity index (χ1v) is 7.94. The Labute approximate surface area is 124 Å². The molecule has 0 fully saturated rings. The van der Waals surface area contributed by atoms with Crippen molar-refractivity contribution in [2.24, 2.45) is 0 Å². The van der Waals surface area contributed by atoms with Crippen molar-refractivity contribution >= 4 is 5.70 Å². The van der Waals surface area contributed by atoms with Crippen molar-refractivity contribution < 1.29 is 0 Å². The van der Waals surface area contributed by atoms with E-state index in [-0.39, 0.29) is 0 Å². The zero-order chi connectivity index (χ0) is 15.0. The maximum Gasteiger partial charge on any atom is 0.0838 e. The highest BCUT2D eigenvalue weighted by Gasteiger charge is 2.11. The number of aryl methyl sites for hydroxylation is 2. The van der Waals surface area contributed by atoms with E-state index in [9.17, 15) is 0 Å². The number of benzene rings is 1. The van der Waals surface area contributed by atoms with Gasteiger partial charge in [0.2, 0.25) is 0 Å². The lowest BCUT2D eigenvalue weighted by Crippen LogP contribution is -2.07. The van der Waals surface area contributed by atoms with Crippen molar-refractivity contribution in [1.82, 2.24) is 5.32 Å². The summed E-state index contributed by atoms with van der Waals surface area (Å²) in [6, 6.07) is 4.65. The van der Waals surface area contributed by atoms with Gasteiger partial charge in [0.15, 0.2) is 0 Å². The highest BCUT2D eigenvalue weighted by atomic mass is 14.8. The summed E-state index contributed by atoms with van der Waals surface area (Å²) in [6.07, 6.45) is 7.18. The molecule has 0 bridgehead atoms. The van der Waals surface area contributed by atoms with Crippen LogP contribution in [0.2, 0.25) is 0 Å². The second-order valence-corrected chi connectivity index (χ2v) is 5.28. The van der Waals surface area contributed by atoms with E-state index in [1.807, 2.05) is 7.05 Å². The van der Waals surface area contributed by atoms with Gasteiger partial charge in [0.1, 0.15) is 0 Å². The Morgan fingerprint density at radius 1 is 1.10 bits per heavy atom. The summed E-state index contributed by atoms with van der Waals surface area (Å²) < 4.78 is 0. The van der Waals surface area contributed by atoms with Crippen LogP contribution in [0.1, 0.15) is 62.3 Å². The number of nitrogens with one attached hydrogen (secondary N) is 1. The fourth-order valence-electron chi connectivity index (χ4n) is 2.75. The molecule has 1 aromatic rings. The van der Waals surface area contributed by atoms with Crippen LogP contribution in [0.5, 0.6) is 0 Å². The molecule has 0 atom stereocenters. The Morgan fingerprint density at radius 3 is 2.30 bits per heavy atom. The van der Waals surface area contributed by atoms with E-state index in [4.69, 9.17) is 0 Å². The first kappa shape index (κ1) is 16.6. The molecule has 110 valence electrons. The predicted octanol–water partition coefficient (Wildman–Crippen LogP) is 4.89. The molecule has 0 amide bonds. The minimum absolute atomic E-state index is 1.00. The predicted molar refractivity (Wildman–Crippen MR) is 90.0 cm³/mol. The smallest absolute Gasteiger partial charge is 0.0838 e. The van der Waals surface area contributed by atoms with E-state index in [1.54, 1.807) is 5.56 Å². The van der Waals surface area contributed by atoms with Crippen molar-refractivity contribution in [2.75, 3.05) is 7.05 Å². The van der Waals surface area contributed by atoms with Crippen LogP contribution >= 0.6 is 0 Å². The topological polar surface area (TPSA) is 12.0 Å². The summed E-state index contributed by atoms with van der Waals surface area (Å²) in [5.74, 6) is 0. The molecular weight excluding hydrogens is 242 g/mol. The van der Waals surface area contributed by atoms with Crippen molar-refractivity contribution in [3.8, 4) is 0 Å². The van der Waals surface area contributed by atoms with Gasteiger partial charge in [0.05, 0.1) is 5.70 Å². The van der Waals surface area contributed by atoms with Crippen LogP contribution in [0, 0.1) is 0 Å². The third-order valence-electron chi connectivity index (χ3n) is 3.83. The molecule has 0 aliphatic heterocycles. The molecule has 0 saturated heterocycles. The molecule has 0 unspecified atom stereocenters. The molecule has 0 aliphatic rings. The van der Waals surface area contributed by atoms with E-state index < -0.39 is 0 Å². The molecule has 0 heterocycles. The average molecular weight is 271 g/mol. The van der Waals surface area contributed by atoms with Gasteiger partial charge in [-0.2, -0.15) is 0 Å². The van der Waals surface area contributed by atoms with Crippen molar-refractivity contribution in [1.29, 1.82) is 0 Å². The zero-order valence-corrected chi connectivity index (χ0v) is 13.6. The van der Waals surface area contributed by atoms with Gasteiger partial charge in [-0.1, -0.05) is 40.2 Å². The SMILES string of the molecule is C=C=C(NC)c1cc(CC)c(CCC)c(CCCC)c1. The molecule has 1 aromatic carbocycles. The minimum atomic E-state index is 1.00. The van der Waals surface area contributed by atoms with E-state index in [2.05, 4.69) is 50.5 Å². The van der Waals surface area contributed by atoms with Gasteiger partial charge in [-0.3, -0.25) is 0 Å². The fraction of sp³-hybridized carbons (Fsp3) is 0.526. The van der Waals surface area contributed by atoms with Crippen LogP contribution in [-0.2, 0) is 19.3 Å². The molecule has 1 heteroatoms. The first-order chi connectivity index (χ1) is 9.71. The van der Waals surface area contributed by atoms with Crippen LogP contribution < -0.4 is 5.32 Å². The lowest BCUT2D eigenvalue weighted by atomic mass is 9.90. The summed E-state index contributed by atoms with van der Waals surface area (Å²) in [4.78, 5) is 0. The van der Waals surface area contributed by atoms with E-state index in [0.717, 1.165) is 12.1 Å². The molecule has 20 heavy (non-hydrogen) atoms. The Balaban J connectivity index is 3.33. The standard InChI is InChI=1S/C19H29N/c1-6-10-12-16-14-17(19(9-4)20-5)13-15(8-3)18(16)11-7-2/h13-14,20H,4,6-8,10-12H2,1-3,5H3. The van der Waals surface area contributed by atoms with Crippen molar-refractivity contribution in [2.45, 2.75) is 59.3 Å². The molecule has 1 nitrogen and oxygen atoms in total. The number of rotatable bonds is 8. The molecule has 0 radical (unpaired) electrons. The second kappa shape index (κ2) is 8.66. The normalized spacial score (nSPS) is 10.2. The highest BCUT2D eigenvalue weighted by Crippen LogP contribution is 2.25. The quantitative estimate of drug-likeness (QED) is 0.664. The molecule has 0 aromatic heterocycles. The van der Waals surface area contributed by atoms with Gasteiger partial charge in [-0.25, -0.2) is 0 Å². The van der Waals surface area contributed by atoms with Gasteiger partial charge < -0.3 is 5.32 Å². The zero-order valence-electron chi connectivity index (χ0n) is 13.6. The molecule has 0 saturated carbocycles. The third-order valence-corrected chi connectivity index (χ3v) is 3.83. The summed E-state index contributed by atoms with van der Waals surface area (Å²) in [6.45, 7) is 10.6. The average Bonchev–Trinajstić information content (AvgIpc) is 2.48. The lowest BCUT2D eigenvalue weighted by molar-refractivity contribution is 0.775. The fourth-order valence-corrected chi connectivity index (χ4v) is 2.75. The van der Waals surface area contributed by atoms with Crippen LogP contribution in [0.25, 0.3) is 5.70 Å². The monoisotopic (exact) mass is 271 g/mol. The molecule has 1 N–H and O–H groups in total. The summed E-state index contributed by atoms with van der Waals surface area (Å²) in [7, 11) is 1.94. The molecular formula is C19H29N. The van der Waals surface area contributed by atoms with Gasteiger partial charge in [-0.05, 0) is 54.5 Å². The first-order valence-electron chi connectivity index (χ1n) is 7.94. The minimum Gasteiger partial charge on any atom is -0.381 e. The number of unbranched alkanes of at least 4 members (excludes halogenated alkanes) is 1. The Kier molecular flexibility index (Phi) is 7.18. The van der Waals surface area contributed by atoms with Gasteiger partial charge in [-0.15, -0.1) is 5.73 Å². The third kappa shape index (κ3) is 4.02. The van der Waals surface area contributed by atoms with Gasteiger partial charge in [0, 0.05) is 12.6 Å². The van der Waals surface area contributed by atoms with Crippen LogP contribution in [0.15, 0.2) is 24.4 Å². The maximum absolute atomic E-state index is 3.79. The summed E-state index contributed by atoms with van der Waals surface area (Å²) >= 11 is 0. The summed E-state index contributed by atoms with van der Waals surface area (Å²) in [5, 5.41) is 3.20. The number of hydrogen-bond acceptors (Lipinski definition) is 1. The van der Waals surface area contributed by atoms with Crippen LogP contribution in [-0.4, -0.2) is 7.05 Å². The van der Waals surface area contributed by atoms with E-state index in [0.29, 0.717) is 0 Å². The highest BCUT2D eigenvalue weighted by molar-refractivity contribution is 5.65. The molecule has 0 aliphatic carbocycles. The molecule has 1 rings (SSSR count). The van der Waals surface area contributed by atoms with E-state index >= 15 is 0 Å². The maximum atomic E-state index is 3.79. The van der Waals surface area contributed by atoms with Gasteiger partial charge in [0.25, 0.3) is 0 Å². The lowest BCUT2D eigenvalue weighted by Gasteiger charge is -2.17. The van der Waals surface area contributed by atoms with Gasteiger partial charge >= 0.3 is 0 Å². The Bertz CT molecular complexity index is 479.